The fourth-order valence-electron chi connectivity index (χ4n) is 2.72. The Morgan fingerprint density at radius 3 is 1.81 bits per heavy atom. The Hall–Kier alpha value is -3.72. The lowest BCUT2D eigenvalue weighted by Gasteiger charge is -2.31. The van der Waals surface area contributed by atoms with Gasteiger partial charge in [0.1, 0.15) is 0 Å². The van der Waals surface area contributed by atoms with Crippen molar-refractivity contribution in [3.05, 3.63) is 71.2 Å². The second-order valence-corrected chi connectivity index (χ2v) is 6.79. The number of amides is 1. The molecule has 1 aromatic heterocycles. The van der Waals surface area contributed by atoms with Gasteiger partial charge in [0.2, 0.25) is 0 Å². The lowest BCUT2D eigenvalue weighted by Crippen LogP contribution is -2.50. The van der Waals surface area contributed by atoms with E-state index in [0.29, 0.717) is 25.4 Å². The molecule has 0 aliphatic carbocycles. The van der Waals surface area contributed by atoms with Gasteiger partial charge in [-0.1, -0.05) is 12.6 Å². The van der Waals surface area contributed by atoms with E-state index in [1.807, 2.05) is 0 Å². The number of carbonyl (C=O) groups excluding carboxylic acids is 2. The first-order valence-corrected chi connectivity index (χ1v) is 9.05. The van der Waals surface area contributed by atoms with E-state index in [4.69, 9.17) is 0 Å². The van der Waals surface area contributed by atoms with Crippen molar-refractivity contribution in [1.82, 2.24) is 4.98 Å². The van der Waals surface area contributed by atoms with Crippen molar-refractivity contribution in [1.29, 1.82) is 0 Å². The van der Waals surface area contributed by atoms with E-state index in [-0.39, 0.29) is 6.07 Å². The molecule has 16 heteroatoms. The van der Waals surface area contributed by atoms with Gasteiger partial charge in [-0.15, -0.1) is 0 Å². The van der Waals surface area contributed by atoms with Crippen molar-refractivity contribution in [2.75, 3.05) is 5.32 Å². The number of aromatic nitrogens is 1. The van der Waals surface area contributed by atoms with Crippen LogP contribution >= 0.6 is 0 Å². The van der Waals surface area contributed by atoms with Crippen LogP contribution in [0.4, 0.5) is 54.0 Å². The number of rotatable bonds is 4. The first kappa shape index (κ1) is 30.3. The van der Waals surface area contributed by atoms with E-state index in [1.165, 1.54) is 6.20 Å². The maximum Gasteiger partial charge on any atom is 0.435 e. The van der Waals surface area contributed by atoms with Gasteiger partial charge in [-0.3, -0.25) is 14.6 Å². The third-order valence-corrected chi connectivity index (χ3v) is 4.29. The van der Waals surface area contributed by atoms with Gasteiger partial charge in [0.15, 0.2) is 0 Å². The minimum Gasteiger partial charge on any atom is -0.405 e. The van der Waals surface area contributed by atoms with Gasteiger partial charge in [0.05, 0.1) is 22.4 Å². The highest BCUT2D eigenvalue weighted by molar-refractivity contribution is 6.06. The maximum atomic E-state index is 14.3. The van der Waals surface area contributed by atoms with Gasteiger partial charge in [0.25, 0.3) is 5.91 Å². The Morgan fingerprint density at radius 2 is 1.39 bits per heavy atom. The number of pyridine rings is 1. The molecule has 0 spiro atoms. The molecule has 1 amide bonds. The zero-order valence-electron chi connectivity index (χ0n) is 17.7. The lowest BCUT2D eigenvalue weighted by atomic mass is 9.90. The average molecular weight is 537 g/mol. The Bertz CT molecular complexity index is 1130. The summed E-state index contributed by atoms with van der Waals surface area (Å²) in [6, 6.07) is -2.33. The SMILES string of the molecule is C=CN.Cc1cc(C(F)(C(F)(F)F)C(F)(F)F)cc(C(F)(F)F)c1NC(=O)c1cncc(C(=O)F)c1. The number of alkyl halides is 10. The van der Waals surface area contributed by atoms with E-state index < -0.39 is 75.7 Å². The molecule has 1 heterocycles. The van der Waals surface area contributed by atoms with Crippen LogP contribution in [0.15, 0.2) is 43.4 Å². The van der Waals surface area contributed by atoms with Crippen LogP contribution in [0, 0.1) is 6.92 Å². The molecule has 0 saturated carbocycles. The fourth-order valence-corrected chi connectivity index (χ4v) is 2.72. The molecule has 0 aliphatic heterocycles. The molecule has 0 fully saturated rings. The summed E-state index contributed by atoms with van der Waals surface area (Å²) < 4.78 is 145. The standard InChI is InChI=1S/C18H9F11N2O2.C2H5N/c1-7-2-10(15(20,17(24,25)26)18(27,28)29)4-11(16(21,22)23)12(7)31-14(33)9-3-8(13(19)32)5-30-6-9;1-2-3/h2-6H,1H3,(H,31,33);2H,1,3H2. The van der Waals surface area contributed by atoms with Gasteiger partial charge >= 0.3 is 30.2 Å². The third kappa shape index (κ3) is 6.28. The van der Waals surface area contributed by atoms with Crippen molar-refractivity contribution in [2.45, 2.75) is 31.1 Å². The second kappa shape index (κ2) is 10.5. The first-order valence-electron chi connectivity index (χ1n) is 9.05. The smallest absolute Gasteiger partial charge is 0.405 e. The van der Waals surface area contributed by atoms with Gasteiger partial charge in [-0.25, -0.2) is 4.39 Å². The van der Waals surface area contributed by atoms with Crippen molar-refractivity contribution >= 4 is 17.6 Å². The molecule has 5 nitrogen and oxygen atoms in total. The highest BCUT2D eigenvalue weighted by Crippen LogP contribution is 2.54. The van der Waals surface area contributed by atoms with Crippen LogP contribution in [0.25, 0.3) is 0 Å². The zero-order chi connectivity index (χ0) is 28.3. The van der Waals surface area contributed by atoms with Crippen molar-refractivity contribution in [3.63, 3.8) is 0 Å². The van der Waals surface area contributed by atoms with Crippen LogP contribution in [0.2, 0.25) is 0 Å². The normalized spacial score (nSPS) is 12.3. The summed E-state index contributed by atoms with van der Waals surface area (Å²) in [5.74, 6) is -1.47. The number of aryl methyl sites for hydroxylation is 1. The summed E-state index contributed by atoms with van der Waals surface area (Å²) in [6.07, 6.45) is -16.4. The number of nitrogens with one attached hydrogen (secondary N) is 1. The Labute approximate surface area is 194 Å². The van der Waals surface area contributed by atoms with E-state index in [9.17, 15) is 57.9 Å². The molecule has 0 atom stereocenters. The predicted octanol–water partition coefficient (Wildman–Crippen LogP) is 6.15. The zero-order valence-corrected chi connectivity index (χ0v) is 17.7. The summed E-state index contributed by atoms with van der Waals surface area (Å²) in [4.78, 5) is 26.3. The summed E-state index contributed by atoms with van der Waals surface area (Å²) in [5, 5.41) is 1.61. The largest absolute Gasteiger partial charge is 0.435 e. The topological polar surface area (TPSA) is 85.1 Å². The van der Waals surface area contributed by atoms with Crippen molar-refractivity contribution in [3.8, 4) is 0 Å². The maximum absolute atomic E-state index is 14.3. The molecule has 0 saturated heterocycles. The highest BCUT2D eigenvalue weighted by atomic mass is 19.4. The predicted molar refractivity (Wildman–Crippen MR) is 103 cm³/mol. The number of carbonyl (C=O) groups is 2. The Balaban J connectivity index is 0.00000205. The van der Waals surface area contributed by atoms with Crippen LogP contribution in [-0.2, 0) is 11.8 Å². The molecule has 0 unspecified atom stereocenters. The molecule has 0 radical (unpaired) electrons. The number of benzene rings is 1. The summed E-state index contributed by atoms with van der Waals surface area (Å²) in [6.45, 7) is 3.74. The molecule has 1 aromatic carbocycles. The van der Waals surface area contributed by atoms with Gasteiger partial charge < -0.3 is 11.1 Å². The fraction of sp³-hybridized carbons (Fsp3) is 0.250. The van der Waals surface area contributed by atoms with Gasteiger partial charge in [-0.05, 0) is 30.8 Å². The van der Waals surface area contributed by atoms with Crippen LogP contribution in [0.5, 0.6) is 0 Å². The van der Waals surface area contributed by atoms with E-state index in [1.54, 1.807) is 5.32 Å². The minimum absolute atomic E-state index is 0.147. The highest BCUT2D eigenvalue weighted by Gasteiger charge is 2.73. The summed E-state index contributed by atoms with van der Waals surface area (Å²) in [7, 11) is 0. The summed E-state index contributed by atoms with van der Waals surface area (Å²) >= 11 is 0. The summed E-state index contributed by atoms with van der Waals surface area (Å²) in [5.41, 5.74) is -9.88. The van der Waals surface area contributed by atoms with E-state index in [2.05, 4.69) is 17.3 Å². The lowest BCUT2D eigenvalue weighted by molar-refractivity contribution is -0.348. The molecule has 0 aliphatic rings. The second-order valence-electron chi connectivity index (χ2n) is 6.79. The molecule has 36 heavy (non-hydrogen) atoms. The molecule has 2 aromatic rings. The monoisotopic (exact) mass is 537 g/mol. The quantitative estimate of drug-likeness (QED) is 0.362. The molecular formula is C20H14F11N3O2. The number of nitrogens with zero attached hydrogens (tertiary/aromatic N) is 1. The van der Waals surface area contributed by atoms with Crippen LogP contribution in [-0.4, -0.2) is 29.3 Å². The Kier molecular flexibility index (Phi) is 8.83. The average Bonchev–Trinajstić information content (AvgIpc) is 2.72. The number of hydrogen-bond acceptors (Lipinski definition) is 4. The van der Waals surface area contributed by atoms with Crippen molar-refractivity contribution < 1.29 is 57.9 Å². The Morgan fingerprint density at radius 1 is 0.917 bits per heavy atom. The van der Waals surface area contributed by atoms with Crippen molar-refractivity contribution in [2.24, 2.45) is 5.73 Å². The molecule has 2 rings (SSSR count). The number of halogens is 11. The van der Waals surface area contributed by atoms with Gasteiger partial charge in [0, 0.05) is 18.0 Å². The van der Waals surface area contributed by atoms with E-state index >= 15 is 0 Å². The number of anilines is 1. The van der Waals surface area contributed by atoms with Gasteiger partial charge in [-0.2, -0.15) is 43.9 Å². The minimum atomic E-state index is -6.67. The van der Waals surface area contributed by atoms with Crippen LogP contribution < -0.4 is 11.1 Å². The number of nitrogens with two attached hydrogens (primary N) is 1. The molecule has 3 N–H and O–H groups in total. The molecule has 198 valence electrons. The van der Waals surface area contributed by atoms with Crippen LogP contribution in [0.1, 0.15) is 37.4 Å². The van der Waals surface area contributed by atoms with E-state index in [0.717, 1.165) is 0 Å². The third-order valence-electron chi connectivity index (χ3n) is 4.29. The molecular weight excluding hydrogens is 523 g/mol. The number of hydrogen-bond donors (Lipinski definition) is 2. The molecule has 0 bridgehead atoms. The van der Waals surface area contributed by atoms with Crippen LogP contribution in [0.3, 0.4) is 0 Å². The first-order chi connectivity index (χ1) is 16.2.